The second-order valence-electron chi connectivity index (χ2n) is 8.81. The molecule has 0 aliphatic carbocycles. The summed E-state index contributed by atoms with van der Waals surface area (Å²) in [5.74, 6) is -0.670. The first-order valence-corrected chi connectivity index (χ1v) is 10.4. The third-order valence-electron chi connectivity index (χ3n) is 4.86. The number of benzene rings is 2. The minimum atomic E-state index is -4.65. The molecule has 0 spiro atoms. The van der Waals surface area contributed by atoms with Crippen LogP contribution in [0.3, 0.4) is 0 Å². The molecule has 2 aromatic carbocycles. The molecule has 0 saturated carbocycles. The fraction of sp³-hybridized carbons (Fsp3) is 0.360. The maximum atomic E-state index is 13.1. The van der Waals surface area contributed by atoms with E-state index in [-0.39, 0.29) is 31.7 Å². The van der Waals surface area contributed by atoms with Crippen molar-refractivity contribution >= 4 is 0 Å². The molecule has 193 valence electrons. The number of aliphatic hydroxyl groups excluding tert-OH is 2. The summed E-state index contributed by atoms with van der Waals surface area (Å²) in [4.78, 5) is 8.84. The first-order valence-electron chi connectivity index (χ1n) is 10.4. The topological polar surface area (TPSA) is 66.2 Å². The number of hydrogen-bond donors (Lipinski definition) is 2. The molecule has 2 atom stereocenters. The predicted molar refractivity (Wildman–Crippen MR) is 119 cm³/mol. The molecule has 3 rings (SSSR count). The van der Waals surface area contributed by atoms with Crippen LogP contribution in [0.25, 0.3) is 22.5 Å². The minimum absolute atomic E-state index is 0. The Morgan fingerprint density at radius 1 is 0.886 bits per heavy atom. The molecule has 0 fully saturated rings. The van der Waals surface area contributed by atoms with Crippen molar-refractivity contribution in [3.63, 3.8) is 0 Å². The van der Waals surface area contributed by atoms with Crippen molar-refractivity contribution in [2.45, 2.75) is 52.5 Å². The molecule has 4 nitrogen and oxygen atoms in total. The van der Waals surface area contributed by atoms with Crippen molar-refractivity contribution in [2.24, 2.45) is 5.41 Å². The zero-order chi connectivity index (χ0) is 25.7. The van der Waals surface area contributed by atoms with Gasteiger partial charge in [0.15, 0.2) is 6.10 Å². The predicted octanol–water partition coefficient (Wildman–Crippen LogP) is 5.90. The number of nitrogens with zero attached hydrogens (tertiary/aromatic N) is 2. The van der Waals surface area contributed by atoms with E-state index in [1.165, 1.54) is 24.3 Å². The van der Waals surface area contributed by atoms with Crippen LogP contribution in [-0.2, 0) is 20.1 Å². The summed E-state index contributed by atoms with van der Waals surface area (Å²) >= 11 is 0. The van der Waals surface area contributed by atoms with Crippen molar-refractivity contribution < 1.29 is 52.3 Å². The Hall–Kier alpha value is -2.26. The number of aromatic nitrogens is 2. The molecule has 2 N–H and O–H groups in total. The van der Waals surface area contributed by atoms with Crippen LogP contribution in [0, 0.1) is 30.0 Å². The number of rotatable bonds is 4. The average Bonchev–Trinajstić information content (AvgIpc) is 2.74. The molecule has 3 aromatic rings. The summed E-state index contributed by atoms with van der Waals surface area (Å²) in [6, 6.07) is 13.1. The number of halogens is 5. The van der Waals surface area contributed by atoms with E-state index < -0.39 is 30.2 Å². The standard InChI is InChI=1S/C17H11F2N2.C8H15F3O2.Ir/c1-11-10-20-16(12-2-6-14(18)7-3-12)17(21-11)13-4-8-15(19)9-5-13;1-7(2,3)5(12)4-6(13)8(9,10)11;/h2,4-10H,1H3;5-6,12-13H,4H2,1-3H3;/q-1;;. The van der Waals surface area contributed by atoms with E-state index >= 15 is 0 Å². The SMILES string of the molecule is CC(C)(C)C(O)CC(O)C(F)(F)F.Cc1cnc(-c2[c-]cc(F)cc2)c(-c2ccc(F)cc2)n1.[Ir]. The molecule has 0 aliphatic heterocycles. The molecule has 2 unspecified atom stereocenters. The van der Waals surface area contributed by atoms with Gasteiger partial charge < -0.3 is 15.2 Å². The number of aryl methyl sites for hydroxylation is 1. The molecule has 35 heavy (non-hydrogen) atoms. The molecule has 0 aliphatic rings. The van der Waals surface area contributed by atoms with Gasteiger partial charge in [-0.2, -0.15) is 13.2 Å². The van der Waals surface area contributed by atoms with Crippen LogP contribution >= 0.6 is 0 Å². The minimum Gasteiger partial charge on any atom is -0.392 e. The van der Waals surface area contributed by atoms with Crippen LogP contribution in [0.15, 0.2) is 48.7 Å². The Labute approximate surface area is 214 Å². The van der Waals surface area contributed by atoms with Gasteiger partial charge in [-0.15, -0.1) is 29.8 Å². The molecular weight excluding hydrogens is 647 g/mol. The van der Waals surface area contributed by atoms with Crippen LogP contribution in [0.1, 0.15) is 32.9 Å². The zero-order valence-corrected chi connectivity index (χ0v) is 21.9. The average molecular weight is 674 g/mol. The van der Waals surface area contributed by atoms with Gasteiger partial charge in [0.25, 0.3) is 0 Å². The molecule has 1 heterocycles. The molecule has 0 amide bonds. The molecule has 0 saturated heterocycles. The van der Waals surface area contributed by atoms with Gasteiger partial charge in [-0.1, -0.05) is 32.9 Å². The van der Waals surface area contributed by atoms with E-state index in [9.17, 15) is 27.1 Å². The number of aliphatic hydroxyl groups is 2. The van der Waals surface area contributed by atoms with Crippen molar-refractivity contribution in [3.05, 3.63) is 72.1 Å². The summed E-state index contributed by atoms with van der Waals surface area (Å²) in [7, 11) is 0. The van der Waals surface area contributed by atoms with E-state index in [1.807, 2.05) is 6.92 Å². The Morgan fingerprint density at radius 3 is 1.94 bits per heavy atom. The van der Waals surface area contributed by atoms with Gasteiger partial charge in [0.05, 0.1) is 17.5 Å². The van der Waals surface area contributed by atoms with E-state index in [4.69, 9.17) is 5.11 Å². The van der Waals surface area contributed by atoms with Gasteiger partial charge in [0, 0.05) is 44.2 Å². The quantitative estimate of drug-likeness (QED) is 0.268. The smallest absolute Gasteiger partial charge is 0.392 e. The third kappa shape index (κ3) is 9.37. The summed E-state index contributed by atoms with van der Waals surface area (Å²) in [5, 5.41) is 17.9. The summed E-state index contributed by atoms with van der Waals surface area (Å²) < 4.78 is 61.6. The van der Waals surface area contributed by atoms with Crippen LogP contribution < -0.4 is 0 Å². The number of hydrogen-bond acceptors (Lipinski definition) is 4. The zero-order valence-electron chi connectivity index (χ0n) is 19.5. The first-order chi connectivity index (χ1) is 15.7. The van der Waals surface area contributed by atoms with Gasteiger partial charge in [0.2, 0.25) is 0 Å². The number of alkyl halides is 3. The van der Waals surface area contributed by atoms with E-state index in [0.29, 0.717) is 17.0 Å². The summed E-state index contributed by atoms with van der Waals surface area (Å²) in [6.07, 6.45) is -7.29. The molecule has 0 bridgehead atoms. The van der Waals surface area contributed by atoms with Gasteiger partial charge in [-0.3, -0.25) is 9.37 Å². The van der Waals surface area contributed by atoms with E-state index in [1.54, 1.807) is 45.2 Å². The Balaban J connectivity index is 0.000000383. The largest absolute Gasteiger partial charge is 0.414 e. The van der Waals surface area contributed by atoms with Crippen molar-refractivity contribution in [3.8, 4) is 22.5 Å². The summed E-state index contributed by atoms with van der Waals surface area (Å²) in [5.41, 5.74) is 2.71. The van der Waals surface area contributed by atoms with Crippen molar-refractivity contribution in [1.82, 2.24) is 9.97 Å². The Bertz CT molecular complexity index is 1050. The first kappa shape index (κ1) is 30.8. The maximum Gasteiger partial charge on any atom is 0.414 e. The van der Waals surface area contributed by atoms with Crippen LogP contribution in [0.4, 0.5) is 22.0 Å². The second kappa shape index (κ2) is 12.6. The monoisotopic (exact) mass is 674 g/mol. The molecule has 1 radical (unpaired) electrons. The maximum absolute atomic E-state index is 13.1. The fourth-order valence-corrected chi connectivity index (χ4v) is 2.74. The van der Waals surface area contributed by atoms with Crippen molar-refractivity contribution in [2.75, 3.05) is 0 Å². The van der Waals surface area contributed by atoms with E-state index in [2.05, 4.69) is 16.0 Å². The fourth-order valence-electron chi connectivity index (χ4n) is 2.74. The Kier molecular flexibility index (Phi) is 11.1. The van der Waals surface area contributed by atoms with Crippen molar-refractivity contribution in [1.29, 1.82) is 0 Å². The molecular formula is C25H26F5IrN2O2-. The molecule has 10 heteroatoms. The van der Waals surface area contributed by atoms with Gasteiger partial charge in [0.1, 0.15) is 5.82 Å². The van der Waals surface area contributed by atoms with Crippen LogP contribution in [-0.4, -0.2) is 38.6 Å². The van der Waals surface area contributed by atoms with Crippen LogP contribution in [0.5, 0.6) is 0 Å². The van der Waals surface area contributed by atoms with Gasteiger partial charge >= 0.3 is 6.18 Å². The van der Waals surface area contributed by atoms with Crippen LogP contribution in [0.2, 0.25) is 0 Å². The second-order valence-corrected chi connectivity index (χ2v) is 8.81. The third-order valence-corrected chi connectivity index (χ3v) is 4.86. The van der Waals surface area contributed by atoms with Gasteiger partial charge in [-0.25, -0.2) is 4.39 Å². The van der Waals surface area contributed by atoms with Gasteiger partial charge in [-0.05, 0) is 30.0 Å². The molecule has 1 aromatic heterocycles. The van der Waals surface area contributed by atoms with E-state index in [0.717, 1.165) is 11.3 Å². The normalized spacial score (nSPS) is 13.2. The Morgan fingerprint density at radius 2 is 1.46 bits per heavy atom. The summed E-state index contributed by atoms with van der Waals surface area (Å²) in [6.45, 7) is 6.67.